The second-order valence-corrected chi connectivity index (χ2v) is 4.01. The lowest BCUT2D eigenvalue weighted by atomic mass is 10.1. The van der Waals surface area contributed by atoms with E-state index in [4.69, 9.17) is 5.26 Å². The van der Waals surface area contributed by atoms with Crippen molar-refractivity contribution in [2.75, 3.05) is 13.1 Å². The molecule has 0 aliphatic heterocycles. The molecule has 0 saturated heterocycles. The molecule has 0 bridgehead atoms. The van der Waals surface area contributed by atoms with Gasteiger partial charge in [-0.2, -0.15) is 5.26 Å². The summed E-state index contributed by atoms with van der Waals surface area (Å²) in [5.41, 5.74) is 0. The summed E-state index contributed by atoms with van der Waals surface area (Å²) in [6.07, 6.45) is 1.87. The Morgan fingerprint density at radius 3 is 2.31 bits per heavy atom. The third kappa shape index (κ3) is 5.65. The Kier molecular flexibility index (Phi) is 6.62. The lowest BCUT2D eigenvalue weighted by Crippen LogP contribution is -2.35. The molecule has 0 radical (unpaired) electrons. The van der Waals surface area contributed by atoms with Crippen LogP contribution < -0.4 is 0 Å². The quantitative estimate of drug-likeness (QED) is 0.631. The summed E-state index contributed by atoms with van der Waals surface area (Å²) in [6, 6.07) is 2.76. The van der Waals surface area contributed by atoms with E-state index in [0.29, 0.717) is 12.5 Å². The highest BCUT2D eigenvalue weighted by atomic mass is 15.1. The second-order valence-electron chi connectivity index (χ2n) is 4.01. The lowest BCUT2D eigenvalue weighted by molar-refractivity contribution is 0.194. The minimum Gasteiger partial charge on any atom is -0.300 e. The predicted octanol–water partition coefficient (Wildman–Crippen LogP) is 2.66. The summed E-state index contributed by atoms with van der Waals surface area (Å²) >= 11 is 0. The van der Waals surface area contributed by atoms with Crippen LogP contribution in [0.4, 0.5) is 0 Å². The van der Waals surface area contributed by atoms with Crippen molar-refractivity contribution in [1.82, 2.24) is 4.90 Å². The molecule has 2 heteroatoms. The summed E-state index contributed by atoms with van der Waals surface area (Å²) in [6.45, 7) is 10.9. The highest BCUT2D eigenvalue weighted by Crippen LogP contribution is 2.07. The van der Waals surface area contributed by atoms with E-state index in [1.807, 2.05) is 0 Å². The number of hydrogen-bond donors (Lipinski definition) is 0. The van der Waals surface area contributed by atoms with Crippen LogP contribution in [0.2, 0.25) is 0 Å². The number of nitriles is 1. The predicted molar refractivity (Wildman–Crippen MR) is 56.4 cm³/mol. The molecule has 0 amide bonds. The van der Waals surface area contributed by atoms with Crippen molar-refractivity contribution in [3.05, 3.63) is 0 Å². The van der Waals surface area contributed by atoms with Crippen LogP contribution in [0.25, 0.3) is 0 Å². The summed E-state index contributed by atoms with van der Waals surface area (Å²) in [7, 11) is 0. The monoisotopic (exact) mass is 182 g/mol. The zero-order valence-electron chi connectivity index (χ0n) is 9.38. The molecule has 0 rings (SSSR count). The molecule has 1 atom stereocenters. The van der Waals surface area contributed by atoms with Crippen LogP contribution in [0.3, 0.4) is 0 Å². The topological polar surface area (TPSA) is 27.0 Å². The van der Waals surface area contributed by atoms with Gasteiger partial charge in [0, 0.05) is 25.6 Å². The molecule has 13 heavy (non-hydrogen) atoms. The second kappa shape index (κ2) is 6.91. The van der Waals surface area contributed by atoms with Crippen LogP contribution in [0.1, 0.15) is 40.5 Å². The molecule has 0 N–H and O–H groups in total. The van der Waals surface area contributed by atoms with Crippen molar-refractivity contribution in [2.45, 2.75) is 46.6 Å². The maximum absolute atomic E-state index is 8.51. The van der Waals surface area contributed by atoms with Gasteiger partial charge in [-0.15, -0.1) is 0 Å². The van der Waals surface area contributed by atoms with Crippen molar-refractivity contribution in [2.24, 2.45) is 5.92 Å². The molecule has 1 unspecified atom stereocenters. The Balaban J connectivity index is 3.88. The molecule has 0 saturated carbocycles. The van der Waals surface area contributed by atoms with Crippen LogP contribution in [-0.4, -0.2) is 24.0 Å². The SMILES string of the molecule is CCC(C)CN(CCC#N)C(C)C. The molecule has 0 spiro atoms. The van der Waals surface area contributed by atoms with E-state index in [1.165, 1.54) is 6.42 Å². The first-order chi connectivity index (χ1) is 6.11. The molecular weight excluding hydrogens is 160 g/mol. The molecule has 0 aromatic rings. The van der Waals surface area contributed by atoms with Crippen LogP contribution in [0.5, 0.6) is 0 Å². The number of rotatable bonds is 6. The fourth-order valence-corrected chi connectivity index (χ4v) is 1.28. The van der Waals surface area contributed by atoms with Crippen LogP contribution in [-0.2, 0) is 0 Å². The number of hydrogen-bond acceptors (Lipinski definition) is 2. The van der Waals surface area contributed by atoms with Gasteiger partial charge in [0.25, 0.3) is 0 Å². The summed E-state index contributed by atoms with van der Waals surface area (Å²) in [5, 5.41) is 8.51. The Labute approximate surface area is 82.5 Å². The molecule has 0 aliphatic carbocycles. The summed E-state index contributed by atoms with van der Waals surface area (Å²) in [5.74, 6) is 0.737. The molecule has 0 aromatic heterocycles. The van der Waals surface area contributed by atoms with Gasteiger partial charge in [-0.25, -0.2) is 0 Å². The molecule has 0 aromatic carbocycles. The van der Waals surface area contributed by atoms with Crippen molar-refractivity contribution in [3.63, 3.8) is 0 Å². The van der Waals surface area contributed by atoms with E-state index in [-0.39, 0.29) is 0 Å². The first-order valence-electron chi connectivity index (χ1n) is 5.22. The van der Waals surface area contributed by atoms with E-state index in [2.05, 4.69) is 38.7 Å². The molecular formula is C11H22N2. The largest absolute Gasteiger partial charge is 0.300 e. The maximum Gasteiger partial charge on any atom is 0.0635 e. The Morgan fingerprint density at radius 2 is 1.92 bits per heavy atom. The average Bonchev–Trinajstić information content (AvgIpc) is 2.11. The smallest absolute Gasteiger partial charge is 0.0635 e. The van der Waals surface area contributed by atoms with Gasteiger partial charge in [0.05, 0.1) is 6.07 Å². The molecule has 0 aliphatic rings. The fraction of sp³-hybridized carbons (Fsp3) is 0.909. The standard InChI is InChI=1S/C11H22N2/c1-5-11(4)9-13(10(2)3)8-6-7-12/h10-11H,5-6,8-9H2,1-4H3. The van der Waals surface area contributed by atoms with Gasteiger partial charge in [0.2, 0.25) is 0 Å². The average molecular weight is 182 g/mol. The van der Waals surface area contributed by atoms with E-state index in [9.17, 15) is 0 Å². The third-order valence-corrected chi connectivity index (χ3v) is 2.48. The van der Waals surface area contributed by atoms with Crippen LogP contribution >= 0.6 is 0 Å². The van der Waals surface area contributed by atoms with Gasteiger partial charge in [0.15, 0.2) is 0 Å². The lowest BCUT2D eigenvalue weighted by Gasteiger charge is -2.28. The van der Waals surface area contributed by atoms with Gasteiger partial charge in [-0.1, -0.05) is 20.3 Å². The van der Waals surface area contributed by atoms with Crippen LogP contribution in [0.15, 0.2) is 0 Å². The number of nitrogens with zero attached hydrogens (tertiary/aromatic N) is 2. The first-order valence-corrected chi connectivity index (χ1v) is 5.22. The highest BCUT2D eigenvalue weighted by Gasteiger charge is 2.11. The van der Waals surface area contributed by atoms with Gasteiger partial charge < -0.3 is 0 Å². The minimum absolute atomic E-state index is 0.558. The fourth-order valence-electron chi connectivity index (χ4n) is 1.28. The Bertz CT molecular complexity index is 158. The van der Waals surface area contributed by atoms with E-state index < -0.39 is 0 Å². The van der Waals surface area contributed by atoms with Crippen molar-refractivity contribution in [3.8, 4) is 6.07 Å². The van der Waals surface area contributed by atoms with Gasteiger partial charge in [0.1, 0.15) is 0 Å². The zero-order chi connectivity index (χ0) is 10.3. The van der Waals surface area contributed by atoms with Gasteiger partial charge in [-0.05, 0) is 19.8 Å². The van der Waals surface area contributed by atoms with Crippen molar-refractivity contribution < 1.29 is 0 Å². The first kappa shape index (κ1) is 12.4. The molecule has 2 nitrogen and oxygen atoms in total. The Hall–Kier alpha value is -0.550. The molecule has 0 fully saturated rings. The van der Waals surface area contributed by atoms with Crippen molar-refractivity contribution >= 4 is 0 Å². The van der Waals surface area contributed by atoms with E-state index >= 15 is 0 Å². The zero-order valence-corrected chi connectivity index (χ0v) is 9.38. The van der Waals surface area contributed by atoms with E-state index in [0.717, 1.165) is 19.0 Å². The normalized spacial score (nSPS) is 13.3. The van der Waals surface area contributed by atoms with E-state index in [1.54, 1.807) is 0 Å². The highest BCUT2D eigenvalue weighted by molar-refractivity contribution is 4.74. The van der Waals surface area contributed by atoms with Crippen molar-refractivity contribution in [1.29, 1.82) is 5.26 Å². The van der Waals surface area contributed by atoms with Crippen LogP contribution in [0, 0.1) is 17.2 Å². The Morgan fingerprint density at radius 1 is 1.31 bits per heavy atom. The minimum atomic E-state index is 0.558. The maximum atomic E-state index is 8.51. The van der Waals surface area contributed by atoms with Gasteiger partial charge >= 0.3 is 0 Å². The summed E-state index contributed by atoms with van der Waals surface area (Å²) < 4.78 is 0. The van der Waals surface area contributed by atoms with Gasteiger partial charge in [-0.3, -0.25) is 4.90 Å². The molecule has 76 valence electrons. The third-order valence-electron chi connectivity index (χ3n) is 2.48. The summed E-state index contributed by atoms with van der Waals surface area (Å²) in [4.78, 5) is 2.39. The molecule has 0 heterocycles.